The Morgan fingerprint density at radius 2 is 2.28 bits per heavy atom. The summed E-state index contributed by atoms with van der Waals surface area (Å²) in [6.45, 7) is 0. The minimum atomic E-state index is -1.19. The summed E-state index contributed by atoms with van der Waals surface area (Å²) < 4.78 is 4.88. The smallest absolute Gasteiger partial charge is 0.352 e. The van der Waals surface area contributed by atoms with Crippen LogP contribution in [0, 0.1) is 0 Å². The zero-order valence-electron chi connectivity index (χ0n) is 18.5. The van der Waals surface area contributed by atoms with Gasteiger partial charge in [0.25, 0.3) is 11.8 Å². The number of carboxylic acids is 1. The van der Waals surface area contributed by atoms with E-state index in [-0.39, 0.29) is 23.3 Å². The van der Waals surface area contributed by atoms with Crippen molar-refractivity contribution in [1.82, 2.24) is 25.4 Å². The number of aromatic nitrogens is 2. The van der Waals surface area contributed by atoms with Crippen molar-refractivity contribution in [3.63, 3.8) is 0 Å². The van der Waals surface area contributed by atoms with Gasteiger partial charge >= 0.3 is 5.97 Å². The number of hydrogen-bond acceptors (Lipinski definition) is 14. The van der Waals surface area contributed by atoms with E-state index >= 15 is 0 Å². The summed E-state index contributed by atoms with van der Waals surface area (Å²) in [4.78, 5) is 45.0. The molecular formula is C19H20N8O5S4. The Kier molecular flexibility index (Phi) is 7.52. The summed E-state index contributed by atoms with van der Waals surface area (Å²) in [6, 6.07) is -0.924. The van der Waals surface area contributed by atoms with Gasteiger partial charge in [-0.2, -0.15) is 4.40 Å². The van der Waals surface area contributed by atoms with Crippen molar-refractivity contribution in [1.29, 1.82) is 0 Å². The number of oxime groups is 1. The summed E-state index contributed by atoms with van der Waals surface area (Å²) in [6.07, 6.45) is 5.16. The molecule has 0 spiro atoms. The molecule has 0 bridgehead atoms. The Morgan fingerprint density at radius 3 is 2.94 bits per heavy atom. The molecule has 2 amide bonds. The van der Waals surface area contributed by atoms with Crippen molar-refractivity contribution in [2.45, 2.75) is 34.7 Å². The first-order valence-corrected chi connectivity index (χ1v) is 14.5. The van der Waals surface area contributed by atoms with Gasteiger partial charge < -0.3 is 15.3 Å². The van der Waals surface area contributed by atoms with Crippen molar-refractivity contribution in [2.75, 3.05) is 17.4 Å². The molecule has 4 aliphatic rings. The molecule has 0 aromatic carbocycles. The van der Waals surface area contributed by atoms with E-state index in [0.717, 1.165) is 24.8 Å². The number of carbonyl (C=O) groups is 3. The van der Waals surface area contributed by atoms with Crippen molar-refractivity contribution in [3.05, 3.63) is 28.9 Å². The highest BCUT2D eigenvalue weighted by atomic mass is 32.2. The molecule has 0 saturated carbocycles. The maximum Gasteiger partial charge on any atom is 0.352 e. The summed E-state index contributed by atoms with van der Waals surface area (Å²) in [5.74, 6) is 4.79. The molecule has 1 aromatic rings. The highest BCUT2D eigenvalue weighted by molar-refractivity contribution is 8.01. The number of thioether (sulfide) groups is 2. The average Bonchev–Trinajstić information content (AvgIpc) is 3.65. The number of amidine groups is 1. The topological polar surface area (TPSA) is 176 Å². The lowest BCUT2D eigenvalue weighted by Gasteiger charge is -2.49. The molecule has 1 fully saturated rings. The van der Waals surface area contributed by atoms with E-state index in [1.807, 2.05) is 12.2 Å². The Morgan fingerprint density at radius 1 is 1.42 bits per heavy atom. The molecule has 1 saturated heterocycles. The number of nitrogens with two attached hydrogens (primary N) is 1. The predicted molar refractivity (Wildman–Crippen MR) is 137 cm³/mol. The van der Waals surface area contributed by atoms with Crippen LogP contribution in [-0.2, 0) is 19.2 Å². The average molecular weight is 569 g/mol. The first-order chi connectivity index (χ1) is 17.4. The SMILES string of the molecule is NN1CSN=C1C(=NOC1C=CCC1)C(=O)NC1C(=O)N2C(C(=O)O)=C(CSc3nncs3)CS[C@@H]12. The number of rotatable bonds is 9. The Hall–Kier alpha value is -2.60. The molecule has 3 aliphatic heterocycles. The predicted octanol–water partition coefficient (Wildman–Crippen LogP) is 0.653. The first kappa shape index (κ1) is 25.1. The van der Waals surface area contributed by atoms with Gasteiger partial charge in [-0.1, -0.05) is 34.3 Å². The minimum absolute atomic E-state index is 0.0544. The quantitative estimate of drug-likeness (QED) is 0.0722. The first-order valence-electron chi connectivity index (χ1n) is 10.7. The van der Waals surface area contributed by atoms with Crippen molar-refractivity contribution < 1.29 is 24.3 Å². The summed E-state index contributed by atoms with van der Waals surface area (Å²) in [7, 11) is 0. The number of hydrogen-bond donors (Lipinski definition) is 3. The van der Waals surface area contributed by atoms with Crippen molar-refractivity contribution >= 4 is 76.1 Å². The van der Waals surface area contributed by atoms with Crippen LogP contribution in [0.25, 0.3) is 0 Å². The van der Waals surface area contributed by atoms with Crippen LogP contribution in [0.1, 0.15) is 12.8 Å². The van der Waals surface area contributed by atoms with Crippen LogP contribution in [0.15, 0.2) is 42.8 Å². The molecule has 13 nitrogen and oxygen atoms in total. The number of β-lactam (4-membered cyclic amide) rings is 1. The molecule has 3 atom stereocenters. The van der Waals surface area contributed by atoms with Gasteiger partial charge in [0.15, 0.2) is 10.2 Å². The van der Waals surface area contributed by atoms with Gasteiger partial charge in [0, 0.05) is 11.5 Å². The molecule has 4 heterocycles. The normalized spacial score (nSPS) is 25.6. The summed E-state index contributed by atoms with van der Waals surface area (Å²) in [5, 5.41) is 25.0. The van der Waals surface area contributed by atoms with Crippen LogP contribution >= 0.6 is 46.8 Å². The molecule has 36 heavy (non-hydrogen) atoms. The summed E-state index contributed by atoms with van der Waals surface area (Å²) in [5.41, 5.74) is 2.01. The van der Waals surface area contributed by atoms with Crippen LogP contribution in [0.5, 0.6) is 0 Å². The van der Waals surface area contributed by atoms with Crippen molar-refractivity contribution in [2.24, 2.45) is 15.4 Å². The van der Waals surface area contributed by atoms with Gasteiger partial charge in [0.1, 0.15) is 34.6 Å². The lowest BCUT2D eigenvalue weighted by atomic mass is 10.0. The fourth-order valence-electron chi connectivity index (χ4n) is 3.82. The van der Waals surface area contributed by atoms with E-state index in [4.69, 9.17) is 10.7 Å². The number of carboxylic acid groups (broad SMARTS) is 1. The van der Waals surface area contributed by atoms with Crippen LogP contribution in [0.3, 0.4) is 0 Å². The Labute approximate surface area is 221 Å². The fourth-order valence-corrected chi connectivity index (χ4v) is 7.41. The van der Waals surface area contributed by atoms with Crippen LogP contribution in [0.4, 0.5) is 0 Å². The van der Waals surface area contributed by atoms with Gasteiger partial charge in [-0.15, -0.1) is 22.0 Å². The molecule has 1 aromatic heterocycles. The number of carbonyl (C=O) groups excluding carboxylic acids is 2. The number of fused-ring (bicyclic) bond motifs is 1. The van der Waals surface area contributed by atoms with Crippen LogP contribution in [0.2, 0.25) is 0 Å². The Balaban J connectivity index is 1.30. The largest absolute Gasteiger partial charge is 0.477 e. The number of nitrogens with zero attached hydrogens (tertiary/aromatic N) is 6. The zero-order chi connectivity index (χ0) is 25.2. The second-order valence-corrected chi connectivity index (χ2v) is 11.7. The van der Waals surface area contributed by atoms with Crippen LogP contribution < -0.4 is 11.2 Å². The second-order valence-electron chi connectivity index (χ2n) is 7.84. The van der Waals surface area contributed by atoms with Gasteiger partial charge in [0.05, 0.1) is 0 Å². The molecule has 5 rings (SSSR count). The highest BCUT2D eigenvalue weighted by Crippen LogP contribution is 2.41. The number of allylic oxidation sites excluding steroid dienone is 1. The van der Waals surface area contributed by atoms with Gasteiger partial charge in [-0.3, -0.25) is 19.5 Å². The van der Waals surface area contributed by atoms with Gasteiger partial charge in [-0.05, 0) is 36.4 Å². The third-order valence-electron chi connectivity index (χ3n) is 5.54. The molecule has 190 valence electrons. The lowest BCUT2D eigenvalue weighted by Crippen LogP contribution is -2.71. The van der Waals surface area contributed by atoms with Crippen LogP contribution in [-0.4, -0.2) is 89.4 Å². The monoisotopic (exact) mass is 568 g/mol. The number of aliphatic carboxylic acids is 1. The van der Waals surface area contributed by atoms with E-state index in [0.29, 0.717) is 27.3 Å². The minimum Gasteiger partial charge on any atom is -0.477 e. The van der Waals surface area contributed by atoms with Gasteiger partial charge in [-0.25, -0.2) is 10.6 Å². The lowest BCUT2D eigenvalue weighted by molar-refractivity contribution is -0.150. The van der Waals surface area contributed by atoms with E-state index in [9.17, 15) is 19.5 Å². The maximum atomic E-state index is 13.2. The highest BCUT2D eigenvalue weighted by Gasteiger charge is 2.54. The van der Waals surface area contributed by atoms with Gasteiger partial charge in [0.2, 0.25) is 5.71 Å². The van der Waals surface area contributed by atoms with E-state index in [2.05, 4.69) is 25.1 Å². The van der Waals surface area contributed by atoms with E-state index in [1.165, 1.54) is 44.8 Å². The standard InChI is InChI=1S/C19H20N8O5S4/c20-26-8-36-25-14(26)11(24-32-10-3-1-2-4-10)15(28)22-12-16(29)27-13(18(30)31)9(5-33-17(12)27)6-34-19-23-21-7-35-19/h1,3,7,10,12,17H,2,4-6,8,20H2,(H,22,28)(H,30,31)/t10?,12?,17-/m0/s1. The van der Waals surface area contributed by atoms with E-state index < -0.39 is 29.2 Å². The fraction of sp³-hybridized carbons (Fsp3) is 0.421. The molecule has 2 unspecified atom stereocenters. The van der Waals surface area contributed by atoms with E-state index in [1.54, 1.807) is 5.51 Å². The third kappa shape index (κ3) is 4.97. The molecule has 4 N–H and O–H groups in total. The number of amides is 2. The van der Waals surface area contributed by atoms with Crippen molar-refractivity contribution in [3.8, 4) is 0 Å². The zero-order valence-corrected chi connectivity index (χ0v) is 21.7. The maximum absolute atomic E-state index is 13.2. The number of hydrazine groups is 1. The molecule has 1 aliphatic carbocycles. The molecule has 0 radical (unpaired) electrons. The summed E-state index contributed by atoms with van der Waals surface area (Å²) >= 11 is 5.26. The molecule has 17 heteroatoms. The third-order valence-corrected chi connectivity index (χ3v) is 9.52. The second kappa shape index (κ2) is 10.8. The molecular weight excluding hydrogens is 549 g/mol. The number of nitrogens with one attached hydrogen (secondary N) is 1. The Bertz CT molecular complexity index is 1190.